The van der Waals surface area contributed by atoms with Crippen molar-refractivity contribution in [1.29, 1.82) is 0 Å². The second-order valence-electron chi connectivity index (χ2n) is 6.41. The molecule has 0 radical (unpaired) electrons. The third-order valence-corrected chi connectivity index (χ3v) is 6.75. The van der Waals surface area contributed by atoms with Gasteiger partial charge >= 0.3 is 0 Å². The van der Waals surface area contributed by atoms with Crippen molar-refractivity contribution < 1.29 is 13.2 Å². The number of hydrogen-bond acceptors (Lipinski definition) is 6. The monoisotopic (exact) mass is 404 g/mol. The first-order valence-electron chi connectivity index (χ1n) is 8.60. The molecule has 1 aliphatic heterocycles. The van der Waals surface area contributed by atoms with E-state index in [9.17, 15) is 8.42 Å². The van der Waals surface area contributed by atoms with Gasteiger partial charge < -0.3 is 9.30 Å². The van der Waals surface area contributed by atoms with E-state index in [1.165, 1.54) is 10.6 Å². The van der Waals surface area contributed by atoms with Crippen molar-refractivity contribution in [3.63, 3.8) is 0 Å². The van der Waals surface area contributed by atoms with Crippen molar-refractivity contribution in [2.24, 2.45) is 0 Å². The van der Waals surface area contributed by atoms with Crippen LogP contribution in [0, 0.1) is 0 Å². The highest BCUT2D eigenvalue weighted by molar-refractivity contribution is 7.88. The lowest BCUT2D eigenvalue weighted by Crippen LogP contribution is -2.46. The number of nitrogens with zero attached hydrogens (tertiary/aromatic N) is 4. The van der Waals surface area contributed by atoms with E-state index in [1.807, 2.05) is 47.3 Å². The Morgan fingerprint density at radius 2 is 2.07 bits per heavy atom. The molecule has 1 aromatic carbocycles. The van der Waals surface area contributed by atoms with Gasteiger partial charge in [-0.1, -0.05) is 30.3 Å². The molecule has 0 amide bonds. The Morgan fingerprint density at radius 1 is 1.26 bits per heavy atom. The molecular weight excluding hydrogens is 384 g/mol. The molecule has 1 fully saturated rings. The van der Waals surface area contributed by atoms with Crippen LogP contribution in [-0.4, -0.2) is 59.3 Å². The lowest BCUT2D eigenvalue weighted by molar-refractivity contribution is -0.00978. The summed E-state index contributed by atoms with van der Waals surface area (Å²) in [6.07, 6.45) is 6.49. The van der Waals surface area contributed by atoms with E-state index in [4.69, 9.17) is 4.74 Å². The van der Waals surface area contributed by atoms with Crippen LogP contribution in [0.4, 0.5) is 0 Å². The van der Waals surface area contributed by atoms with E-state index >= 15 is 0 Å². The normalized spacial score (nSPS) is 18.6. The molecule has 1 aliphatic rings. The highest BCUT2D eigenvalue weighted by atomic mass is 32.2. The minimum Gasteiger partial charge on any atom is -0.374 e. The van der Waals surface area contributed by atoms with Crippen molar-refractivity contribution in [2.45, 2.75) is 12.6 Å². The number of thiazole rings is 1. The molecule has 27 heavy (non-hydrogen) atoms. The third-order valence-electron chi connectivity index (χ3n) is 4.43. The van der Waals surface area contributed by atoms with Gasteiger partial charge in [0.2, 0.25) is 10.0 Å². The fourth-order valence-electron chi connectivity index (χ4n) is 3.10. The minimum atomic E-state index is -3.21. The fourth-order valence-corrected chi connectivity index (χ4v) is 4.87. The van der Waals surface area contributed by atoms with E-state index in [1.54, 1.807) is 17.5 Å². The molecule has 1 unspecified atom stereocenters. The van der Waals surface area contributed by atoms with Gasteiger partial charge in [-0.15, -0.1) is 11.3 Å². The van der Waals surface area contributed by atoms with Crippen LogP contribution in [0.25, 0.3) is 21.3 Å². The zero-order chi connectivity index (χ0) is 18.9. The maximum absolute atomic E-state index is 11.8. The molecule has 0 saturated carbocycles. The number of ether oxygens (including phenoxy) is 1. The summed E-state index contributed by atoms with van der Waals surface area (Å²) < 4.78 is 32.9. The first-order chi connectivity index (χ1) is 13.0. The zero-order valence-corrected chi connectivity index (χ0v) is 16.5. The van der Waals surface area contributed by atoms with E-state index in [-0.39, 0.29) is 6.10 Å². The minimum absolute atomic E-state index is 0.206. The summed E-state index contributed by atoms with van der Waals surface area (Å²) in [5, 5.41) is 0.942. The van der Waals surface area contributed by atoms with Gasteiger partial charge in [-0.3, -0.25) is 0 Å². The first kappa shape index (κ1) is 18.3. The Bertz CT molecular complexity index is 1010. The summed E-state index contributed by atoms with van der Waals surface area (Å²) in [6.45, 7) is 1.70. The number of hydrogen-bond donors (Lipinski definition) is 0. The molecule has 2 aromatic heterocycles. The Labute approximate surface area is 162 Å². The SMILES string of the molecule is CS(=O)(=O)N1CCOC(Cn2ccnc2-c2cnc(-c3ccccc3)s2)C1. The van der Waals surface area contributed by atoms with Gasteiger partial charge in [-0.25, -0.2) is 18.4 Å². The molecule has 3 aromatic rings. The van der Waals surface area contributed by atoms with Gasteiger partial charge in [-0.05, 0) is 0 Å². The van der Waals surface area contributed by atoms with E-state index in [0.29, 0.717) is 26.2 Å². The molecule has 4 rings (SSSR count). The maximum Gasteiger partial charge on any atom is 0.211 e. The molecule has 9 heteroatoms. The number of aromatic nitrogens is 3. The van der Waals surface area contributed by atoms with Crippen LogP contribution in [0.2, 0.25) is 0 Å². The maximum atomic E-state index is 11.8. The van der Waals surface area contributed by atoms with Crippen molar-refractivity contribution in [3.8, 4) is 21.3 Å². The topological polar surface area (TPSA) is 77.3 Å². The molecule has 1 atom stereocenters. The zero-order valence-electron chi connectivity index (χ0n) is 14.9. The quantitative estimate of drug-likeness (QED) is 0.652. The molecule has 3 heterocycles. The lowest BCUT2D eigenvalue weighted by atomic mass is 10.2. The summed E-state index contributed by atoms with van der Waals surface area (Å²) in [5.41, 5.74) is 1.08. The van der Waals surface area contributed by atoms with Crippen LogP contribution in [0.3, 0.4) is 0 Å². The first-order valence-corrected chi connectivity index (χ1v) is 11.3. The molecule has 0 spiro atoms. The summed E-state index contributed by atoms with van der Waals surface area (Å²) in [7, 11) is -3.21. The van der Waals surface area contributed by atoms with Crippen molar-refractivity contribution in [3.05, 3.63) is 48.9 Å². The van der Waals surface area contributed by atoms with E-state index in [2.05, 4.69) is 9.97 Å². The van der Waals surface area contributed by atoms with Crippen molar-refractivity contribution in [2.75, 3.05) is 26.0 Å². The highest BCUT2D eigenvalue weighted by Gasteiger charge is 2.27. The molecule has 0 aliphatic carbocycles. The van der Waals surface area contributed by atoms with E-state index < -0.39 is 10.0 Å². The van der Waals surface area contributed by atoms with Crippen LogP contribution in [0.1, 0.15) is 0 Å². The average Bonchev–Trinajstić information content (AvgIpc) is 3.31. The Kier molecular flexibility index (Phi) is 5.09. The van der Waals surface area contributed by atoms with Crippen molar-refractivity contribution in [1.82, 2.24) is 18.8 Å². The number of benzene rings is 1. The Hall–Kier alpha value is -2.07. The van der Waals surface area contributed by atoms with Gasteiger partial charge in [0, 0.05) is 37.2 Å². The predicted octanol–water partition coefficient (Wildman–Crippen LogP) is 2.33. The predicted molar refractivity (Wildman–Crippen MR) is 105 cm³/mol. The molecule has 142 valence electrons. The molecule has 7 nitrogen and oxygen atoms in total. The Balaban J connectivity index is 1.53. The summed E-state index contributed by atoms with van der Waals surface area (Å²) >= 11 is 1.58. The van der Waals surface area contributed by atoms with Gasteiger partial charge in [0.1, 0.15) is 5.01 Å². The Morgan fingerprint density at radius 3 is 2.85 bits per heavy atom. The number of sulfonamides is 1. The smallest absolute Gasteiger partial charge is 0.211 e. The van der Waals surface area contributed by atoms with Crippen LogP contribution in [0.15, 0.2) is 48.9 Å². The van der Waals surface area contributed by atoms with Gasteiger partial charge in [0.25, 0.3) is 0 Å². The molecule has 1 saturated heterocycles. The van der Waals surface area contributed by atoms with Crippen LogP contribution < -0.4 is 0 Å². The second-order valence-corrected chi connectivity index (χ2v) is 9.43. The van der Waals surface area contributed by atoms with Gasteiger partial charge in [0.05, 0.1) is 30.4 Å². The molecule has 0 N–H and O–H groups in total. The number of morpholine rings is 1. The van der Waals surface area contributed by atoms with Crippen LogP contribution in [-0.2, 0) is 21.3 Å². The van der Waals surface area contributed by atoms with Crippen LogP contribution in [0.5, 0.6) is 0 Å². The summed E-state index contributed by atoms with van der Waals surface area (Å²) in [4.78, 5) is 9.96. The molecule has 0 bridgehead atoms. The largest absolute Gasteiger partial charge is 0.374 e. The second kappa shape index (κ2) is 7.51. The summed E-state index contributed by atoms with van der Waals surface area (Å²) in [6, 6.07) is 10.0. The number of rotatable bonds is 5. The fraction of sp³-hybridized carbons (Fsp3) is 0.333. The summed E-state index contributed by atoms with van der Waals surface area (Å²) in [5.74, 6) is 0.815. The van der Waals surface area contributed by atoms with E-state index in [0.717, 1.165) is 21.3 Å². The van der Waals surface area contributed by atoms with Crippen molar-refractivity contribution >= 4 is 21.4 Å². The molecular formula is C18H20N4O3S2. The highest BCUT2D eigenvalue weighted by Crippen LogP contribution is 2.31. The van der Waals surface area contributed by atoms with Gasteiger partial charge in [0.15, 0.2) is 5.82 Å². The van der Waals surface area contributed by atoms with Gasteiger partial charge in [-0.2, -0.15) is 4.31 Å². The standard InChI is InChI=1S/C18H20N4O3S2/c1-27(23,24)22-9-10-25-15(13-22)12-21-8-7-19-17(21)16-11-20-18(26-16)14-5-3-2-4-6-14/h2-8,11,15H,9-10,12-13H2,1H3. The third kappa shape index (κ3) is 4.11. The average molecular weight is 405 g/mol. The lowest BCUT2D eigenvalue weighted by Gasteiger charge is -2.31. The van der Waals surface area contributed by atoms with Crippen LogP contribution >= 0.6 is 11.3 Å². The number of imidazole rings is 1.